The molecular weight excluding hydrogens is 376 g/mol. The largest absolute Gasteiger partial charge is 0.488 e. The van der Waals surface area contributed by atoms with Crippen LogP contribution in [0.5, 0.6) is 5.75 Å². The van der Waals surface area contributed by atoms with Crippen molar-refractivity contribution in [1.82, 2.24) is 0 Å². The highest BCUT2D eigenvalue weighted by Gasteiger charge is 2.13. The maximum atomic E-state index is 12.7. The van der Waals surface area contributed by atoms with Crippen molar-refractivity contribution in [3.63, 3.8) is 0 Å². The molecule has 6 heteroatoms. The van der Waals surface area contributed by atoms with Gasteiger partial charge >= 0.3 is 0 Å². The molecule has 0 aromatic heterocycles. The van der Waals surface area contributed by atoms with Gasteiger partial charge in [0.15, 0.2) is 0 Å². The van der Waals surface area contributed by atoms with Gasteiger partial charge in [-0.25, -0.2) is 0 Å². The van der Waals surface area contributed by atoms with Crippen LogP contribution in [0, 0.1) is 0 Å². The first-order valence-electron chi connectivity index (χ1n) is 8.67. The monoisotopic (exact) mass is 394 g/mol. The molecule has 0 aliphatic carbocycles. The third kappa shape index (κ3) is 5.11. The molecule has 3 aromatic rings. The van der Waals surface area contributed by atoms with Crippen molar-refractivity contribution >= 4 is 34.8 Å². The Morgan fingerprint density at radius 2 is 1.46 bits per heavy atom. The number of benzene rings is 3. The number of para-hydroxylation sites is 1. The number of nitrogens with one attached hydrogen (secondary N) is 2. The smallest absolute Gasteiger partial charge is 0.259 e. The second kappa shape index (κ2) is 9.06. The van der Waals surface area contributed by atoms with Gasteiger partial charge in [0.05, 0.1) is 5.56 Å². The van der Waals surface area contributed by atoms with E-state index >= 15 is 0 Å². The molecule has 0 radical (unpaired) electrons. The molecule has 0 saturated carbocycles. The SMILES string of the molecule is CC(=O)Nc1ccc(NC(=O)c2ccccc2OCc2ccccc2Cl)cc1. The van der Waals surface area contributed by atoms with Crippen molar-refractivity contribution in [2.45, 2.75) is 13.5 Å². The van der Waals surface area contributed by atoms with Gasteiger partial charge in [-0.15, -0.1) is 0 Å². The summed E-state index contributed by atoms with van der Waals surface area (Å²) in [6, 6.07) is 21.3. The number of anilines is 2. The molecule has 2 N–H and O–H groups in total. The average Bonchev–Trinajstić information content (AvgIpc) is 2.69. The van der Waals surface area contributed by atoms with Gasteiger partial charge in [-0.2, -0.15) is 0 Å². The quantitative estimate of drug-likeness (QED) is 0.609. The number of carbonyl (C=O) groups excluding carboxylic acids is 2. The molecule has 0 fully saturated rings. The Morgan fingerprint density at radius 1 is 0.857 bits per heavy atom. The van der Waals surface area contributed by atoms with Gasteiger partial charge in [0, 0.05) is 28.9 Å². The molecule has 0 saturated heterocycles. The number of ether oxygens (including phenoxy) is 1. The first-order chi connectivity index (χ1) is 13.5. The highest BCUT2D eigenvalue weighted by molar-refractivity contribution is 6.31. The van der Waals surface area contributed by atoms with Gasteiger partial charge in [0.25, 0.3) is 5.91 Å². The van der Waals surface area contributed by atoms with Crippen LogP contribution in [0.25, 0.3) is 0 Å². The Balaban J connectivity index is 1.70. The first kappa shape index (κ1) is 19.5. The molecule has 0 unspecified atom stereocenters. The lowest BCUT2D eigenvalue weighted by molar-refractivity contribution is -0.114. The maximum Gasteiger partial charge on any atom is 0.259 e. The Morgan fingerprint density at radius 3 is 2.14 bits per heavy atom. The Hall–Kier alpha value is -3.31. The number of carbonyl (C=O) groups is 2. The molecule has 0 aliphatic rings. The third-order valence-electron chi connectivity index (χ3n) is 3.94. The van der Waals surface area contributed by atoms with Crippen LogP contribution in [0.15, 0.2) is 72.8 Å². The zero-order valence-corrected chi connectivity index (χ0v) is 16.0. The minimum Gasteiger partial charge on any atom is -0.488 e. The van der Waals surface area contributed by atoms with Crippen molar-refractivity contribution < 1.29 is 14.3 Å². The summed E-state index contributed by atoms with van der Waals surface area (Å²) >= 11 is 6.16. The van der Waals surface area contributed by atoms with Gasteiger partial charge in [0.2, 0.25) is 5.91 Å². The van der Waals surface area contributed by atoms with Crippen LogP contribution >= 0.6 is 11.6 Å². The number of amides is 2. The van der Waals surface area contributed by atoms with E-state index in [1.54, 1.807) is 54.6 Å². The van der Waals surface area contributed by atoms with E-state index < -0.39 is 0 Å². The minimum absolute atomic E-state index is 0.151. The number of hydrogen-bond donors (Lipinski definition) is 2. The van der Waals surface area contributed by atoms with Crippen molar-refractivity contribution in [2.24, 2.45) is 0 Å². The van der Waals surface area contributed by atoms with Crippen molar-refractivity contribution in [2.75, 3.05) is 10.6 Å². The van der Waals surface area contributed by atoms with Crippen LogP contribution in [-0.2, 0) is 11.4 Å². The molecule has 0 atom stereocenters. The number of halogens is 1. The van der Waals surface area contributed by atoms with Crippen LogP contribution in [0.3, 0.4) is 0 Å². The molecule has 0 heterocycles. The molecular formula is C22H19ClN2O3. The van der Waals surface area contributed by atoms with E-state index in [0.29, 0.717) is 27.7 Å². The Labute approximate surface area is 168 Å². The fourth-order valence-corrected chi connectivity index (χ4v) is 2.78. The van der Waals surface area contributed by atoms with Crippen LogP contribution in [0.1, 0.15) is 22.8 Å². The lowest BCUT2D eigenvalue weighted by Crippen LogP contribution is -2.14. The first-order valence-corrected chi connectivity index (χ1v) is 9.05. The summed E-state index contributed by atoms with van der Waals surface area (Å²) in [4.78, 5) is 23.8. The van der Waals surface area contributed by atoms with Gasteiger partial charge in [-0.05, 0) is 42.5 Å². The van der Waals surface area contributed by atoms with Crippen molar-refractivity contribution in [3.8, 4) is 5.75 Å². The normalized spacial score (nSPS) is 10.2. The fourth-order valence-electron chi connectivity index (χ4n) is 2.59. The minimum atomic E-state index is -0.290. The molecule has 3 rings (SSSR count). The van der Waals surface area contributed by atoms with Crippen LogP contribution in [0.2, 0.25) is 5.02 Å². The summed E-state index contributed by atoms with van der Waals surface area (Å²) in [5.41, 5.74) is 2.53. The predicted octanol–water partition coefficient (Wildman–Crippen LogP) is 5.13. The number of hydrogen-bond acceptors (Lipinski definition) is 3. The summed E-state index contributed by atoms with van der Waals surface area (Å²) in [6.45, 7) is 1.70. The third-order valence-corrected chi connectivity index (χ3v) is 4.30. The highest BCUT2D eigenvalue weighted by atomic mass is 35.5. The summed E-state index contributed by atoms with van der Waals surface area (Å²) < 4.78 is 5.83. The molecule has 3 aromatic carbocycles. The molecule has 2 amide bonds. The molecule has 0 aliphatic heterocycles. The maximum absolute atomic E-state index is 12.7. The lowest BCUT2D eigenvalue weighted by Gasteiger charge is -2.13. The standard InChI is InChI=1S/C22H19ClN2O3/c1-15(26)24-17-10-12-18(13-11-17)25-22(27)19-7-3-5-9-21(19)28-14-16-6-2-4-8-20(16)23/h2-13H,14H2,1H3,(H,24,26)(H,25,27). The summed E-state index contributed by atoms with van der Waals surface area (Å²) in [5.74, 6) is 0.0261. The predicted molar refractivity (Wildman–Crippen MR) is 111 cm³/mol. The van der Waals surface area contributed by atoms with Crippen LogP contribution in [-0.4, -0.2) is 11.8 Å². The van der Waals surface area contributed by atoms with E-state index in [2.05, 4.69) is 10.6 Å². The summed E-state index contributed by atoms with van der Waals surface area (Å²) in [5, 5.41) is 6.13. The van der Waals surface area contributed by atoms with E-state index in [1.165, 1.54) is 6.92 Å². The Bertz CT molecular complexity index is 987. The van der Waals surface area contributed by atoms with E-state index in [9.17, 15) is 9.59 Å². The molecule has 5 nitrogen and oxygen atoms in total. The second-order valence-electron chi connectivity index (χ2n) is 6.09. The molecule has 0 spiro atoms. The Kier molecular flexibility index (Phi) is 6.29. The molecule has 0 bridgehead atoms. The van der Waals surface area contributed by atoms with Crippen molar-refractivity contribution in [1.29, 1.82) is 0 Å². The zero-order valence-electron chi connectivity index (χ0n) is 15.2. The van der Waals surface area contributed by atoms with Gasteiger partial charge in [-0.1, -0.05) is 41.9 Å². The van der Waals surface area contributed by atoms with Gasteiger partial charge in [0.1, 0.15) is 12.4 Å². The highest BCUT2D eigenvalue weighted by Crippen LogP contribution is 2.23. The van der Waals surface area contributed by atoms with Gasteiger partial charge in [-0.3, -0.25) is 9.59 Å². The summed E-state index contributed by atoms with van der Waals surface area (Å²) in [6.07, 6.45) is 0. The second-order valence-corrected chi connectivity index (χ2v) is 6.50. The van der Waals surface area contributed by atoms with Crippen molar-refractivity contribution in [3.05, 3.63) is 88.9 Å². The van der Waals surface area contributed by atoms with Crippen LogP contribution in [0.4, 0.5) is 11.4 Å². The van der Waals surface area contributed by atoms with E-state index in [4.69, 9.17) is 16.3 Å². The number of rotatable bonds is 6. The van der Waals surface area contributed by atoms with E-state index in [-0.39, 0.29) is 18.4 Å². The fraction of sp³-hybridized carbons (Fsp3) is 0.0909. The van der Waals surface area contributed by atoms with Crippen LogP contribution < -0.4 is 15.4 Å². The molecule has 28 heavy (non-hydrogen) atoms. The van der Waals surface area contributed by atoms with E-state index in [0.717, 1.165) is 5.56 Å². The van der Waals surface area contributed by atoms with Gasteiger partial charge < -0.3 is 15.4 Å². The average molecular weight is 395 g/mol. The molecule has 142 valence electrons. The topological polar surface area (TPSA) is 67.4 Å². The summed E-state index contributed by atoms with van der Waals surface area (Å²) in [7, 11) is 0. The lowest BCUT2D eigenvalue weighted by atomic mass is 10.1. The van der Waals surface area contributed by atoms with E-state index in [1.807, 2.05) is 18.2 Å². The zero-order chi connectivity index (χ0) is 19.9.